The fourth-order valence-corrected chi connectivity index (χ4v) is 3.00. The first-order valence-corrected chi connectivity index (χ1v) is 5.15. The monoisotopic (exact) mass is 183 g/mol. The minimum Gasteiger partial charge on any atom is -0.369 e. The van der Waals surface area contributed by atoms with Crippen LogP contribution in [0.3, 0.4) is 0 Å². The van der Waals surface area contributed by atoms with Crippen LogP contribution in [0.4, 0.5) is 0 Å². The minimum absolute atomic E-state index is 0.236. The zero-order valence-electron chi connectivity index (χ0n) is 9.48. The Kier molecular flexibility index (Phi) is 1.67. The molecule has 0 bridgehead atoms. The summed E-state index contributed by atoms with van der Waals surface area (Å²) in [5.74, 6) is 0. The summed E-state index contributed by atoms with van der Waals surface area (Å²) in [4.78, 5) is 2.49. The Hall–Kier alpha value is -0.0800. The number of hydrogen-bond acceptors (Lipinski definition) is 2. The number of ether oxygens (including phenoxy) is 1. The molecule has 13 heavy (non-hydrogen) atoms. The van der Waals surface area contributed by atoms with Crippen LogP contribution >= 0.6 is 0 Å². The molecule has 0 atom stereocenters. The summed E-state index contributed by atoms with van der Waals surface area (Å²) in [7, 11) is 2.23. The second kappa shape index (κ2) is 2.29. The van der Waals surface area contributed by atoms with Crippen molar-refractivity contribution in [2.24, 2.45) is 0 Å². The molecule has 0 aromatic heterocycles. The molecule has 2 aliphatic rings. The van der Waals surface area contributed by atoms with Gasteiger partial charge in [0.25, 0.3) is 0 Å². The molecule has 0 amide bonds. The van der Waals surface area contributed by atoms with Crippen molar-refractivity contribution in [3.05, 3.63) is 0 Å². The van der Waals surface area contributed by atoms with Crippen LogP contribution in [0.5, 0.6) is 0 Å². The Morgan fingerprint density at radius 1 is 1.00 bits per heavy atom. The highest BCUT2D eigenvalue weighted by molar-refractivity contribution is 5.10. The van der Waals surface area contributed by atoms with Gasteiger partial charge in [0.05, 0.1) is 12.2 Å². The predicted molar refractivity (Wildman–Crippen MR) is 53.8 cm³/mol. The van der Waals surface area contributed by atoms with Crippen LogP contribution in [-0.4, -0.2) is 35.2 Å². The molecule has 0 saturated carbocycles. The lowest BCUT2D eigenvalue weighted by molar-refractivity contribution is -0.0406. The van der Waals surface area contributed by atoms with Gasteiger partial charge in [-0.25, -0.2) is 0 Å². The summed E-state index contributed by atoms with van der Waals surface area (Å²) in [5.41, 5.74) is 0.788. The molecule has 1 spiro atoms. The van der Waals surface area contributed by atoms with Gasteiger partial charge in [0.15, 0.2) is 0 Å². The van der Waals surface area contributed by atoms with E-state index in [1.54, 1.807) is 0 Å². The van der Waals surface area contributed by atoms with E-state index in [0.29, 0.717) is 0 Å². The van der Waals surface area contributed by atoms with E-state index in [9.17, 15) is 0 Å². The number of rotatable bonds is 0. The summed E-state index contributed by atoms with van der Waals surface area (Å²) in [6, 6.07) is 0. The summed E-state index contributed by atoms with van der Waals surface area (Å²) in [6.45, 7) is 10.2. The molecule has 76 valence electrons. The van der Waals surface area contributed by atoms with Gasteiger partial charge >= 0.3 is 0 Å². The van der Waals surface area contributed by atoms with Crippen molar-refractivity contribution >= 4 is 0 Å². The van der Waals surface area contributed by atoms with Crippen molar-refractivity contribution in [3.8, 4) is 0 Å². The SMILES string of the molecule is CN1C(C)(C)CC2(CO2)CC1(C)C. The van der Waals surface area contributed by atoms with E-state index in [4.69, 9.17) is 4.74 Å². The van der Waals surface area contributed by atoms with E-state index in [-0.39, 0.29) is 16.7 Å². The van der Waals surface area contributed by atoms with Gasteiger partial charge < -0.3 is 4.74 Å². The number of epoxide rings is 1. The quantitative estimate of drug-likeness (QED) is 0.534. The van der Waals surface area contributed by atoms with Gasteiger partial charge in [-0.15, -0.1) is 0 Å². The third-order valence-electron chi connectivity index (χ3n) is 3.88. The molecule has 0 aromatic carbocycles. The van der Waals surface area contributed by atoms with E-state index in [1.807, 2.05) is 0 Å². The second-order valence-corrected chi connectivity index (χ2v) is 6.01. The van der Waals surface area contributed by atoms with Crippen LogP contribution in [-0.2, 0) is 4.74 Å². The molecule has 2 rings (SSSR count). The number of hydrogen-bond donors (Lipinski definition) is 0. The average molecular weight is 183 g/mol. The minimum atomic E-state index is 0.236. The second-order valence-electron chi connectivity index (χ2n) is 6.01. The van der Waals surface area contributed by atoms with Gasteiger partial charge in [-0.05, 0) is 47.6 Å². The number of likely N-dealkylation sites (tertiary alicyclic amines) is 1. The maximum absolute atomic E-state index is 5.63. The highest BCUT2D eigenvalue weighted by Crippen LogP contribution is 2.50. The first-order valence-electron chi connectivity index (χ1n) is 5.15. The third kappa shape index (κ3) is 1.40. The van der Waals surface area contributed by atoms with Gasteiger partial charge in [-0.3, -0.25) is 4.90 Å². The van der Waals surface area contributed by atoms with Gasteiger partial charge in [0, 0.05) is 11.1 Å². The molecular weight excluding hydrogens is 162 g/mol. The first kappa shape index (κ1) is 9.47. The summed E-state index contributed by atoms with van der Waals surface area (Å²) < 4.78 is 5.63. The number of nitrogens with zero attached hydrogens (tertiary/aromatic N) is 1. The van der Waals surface area contributed by atoms with Crippen LogP contribution in [0.15, 0.2) is 0 Å². The fraction of sp³-hybridized carbons (Fsp3) is 1.00. The van der Waals surface area contributed by atoms with Crippen LogP contribution in [0.2, 0.25) is 0 Å². The van der Waals surface area contributed by atoms with Crippen molar-refractivity contribution < 1.29 is 4.74 Å². The zero-order valence-corrected chi connectivity index (χ0v) is 9.48. The van der Waals surface area contributed by atoms with Crippen molar-refractivity contribution in [2.75, 3.05) is 13.7 Å². The lowest BCUT2D eigenvalue weighted by Gasteiger charge is -2.53. The van der Waals surface area contributed by atoms with Crippen molar-refractivity contribution in [1.29, 1.82) is 0 Å². The van der Waals surface area contributed by atoms with E-state index in [2.05, 4.69) is 39.6 Å². The van der Waals surface area contributed by atoms with Crippen molar-refractivity contribution in [2.45, 2.75) is 57.2 Å². The Bertz CT molecular complexity index is 208. The largest absolute Gasteiger partial charge is 0.369 e. The van der Waals surface area contributed by atoms with E-state index in [0.717, 1.165) is 6.61 Å². The lowest BCUT2D eigenvalue weighted by atomic mass is 9.74. The van der Waals surface area contributed by atoms with E-state index in [1.165, 1.54) is 12.8 Å². The molecule has 0 aliphatic carbocycles. The molecule has 2 heteroatoms. The smallest absolute Gasteiger partial charge is 0.0951 e. The topological polar surface area (TPSA) is 15.8 Å². The van der Waals surface area contributed by atoms with Gasteiger partial charge in [-0.1, -0.05) is 0 Å². The average Bonchev–Trinajstić information content (AvgIpc) is 2.62. The van der Waals surface area contributed by atoms with Gasteiger partial charge in [-0.2, -0.15) is 0 Å². The van der Waals surface area contributed by atoms with E-state index >= 15 is 0 Å². The Labute approximate surface area is 81.3 Å². The molecular formula is C11H21NO. The molecule has 2 heterocycles. The zero-order chi connectivity index (χ0) is 9.91. The van der Waals surface area contributed by atoms with Gasteiger partial charge in [0.2, 0.25) is 0 Å². The predicted octanol–water partition coefficient (Wildman–Crippen LogP) is 2.04. The van der Waals surface area contributed by atoms with Crippen LogP contribution in [0.25, 0.3) is 0 Å². The summed E-state index contributed by atoms with van der Waals surface area (Å²) in [5, 5.41) is 0. The van der Waals surface area contributed by atoms with Crippen LogP contribution in [0.1, 0.15) is 40.5 Å². The molecule has 2 nitrogen and oxygen atoms in total. The molecule has 0 aromatic rings. The molecule has 0 N–H and O–H groups in total. The fourth-order valence-electron chi connectivity index (χ4n) is 3.00. The van der Waals surface area contributed by atoms with E-state index < -0.39 is 0 Å². The Morgan fingerprint density at radius 3 is 1.69 bits per heavy atom. The molecule has 2 fully saturated rings. The standard InChI is InChI=1S/C11H21NO/c1-9(2)6-11(8-13-11)7-10(3,4)12(9)5/h6-8H2,1-5H3. The normalized spacial score (nSPS) is 34.8. The molecule has 0 radical (unpaired) electrons. The molecule has 2 aliphatic heterocycles. The van der Waals surface area contributed by atoms with Crippen LogP contribution < -0.4 is 0 Å². The highest BCUT2D eigenvalue weighted by atomic mass is 16.6. The van der Waals surface area contributed by atoms with Crippen molar-refractivity contribution in [1.82, 2.24) is 4.90 Å². The Morgan fingerprint density at radius 2 is 1.38 bits per heavy atom. The summed E-state index contributed by atoms with van der Waals surface area (Å²) in [6.07, 6.45) is 2.36. The van der Waals surface area contributed by atoms with Crippen molar-refractivity contribution in [3.63, 3.8) is 0 Å². The van der Waals surface area contributed by atoms with Gasteiger partial charge in [0.1, 0.15) is 0 Å². The highest BCUT2D eigenvalue weighted by Gasteiger charge is 2.57. The van der Waals surface area contributed by atoms with Crippen LogP contribution in [0, 0.1) is 0 Å². The maximum Gasteiger partial charge on any atom is 0.0951 e. The first-order chi connectivity index (χ1) is 5.78. The molecule has 2 saturated heterocycles. The number of piperidine rings is 1. The lowest BCUT2D eigenvalue weighted by Crippen LogP contribution is -2.60. The Balaban J connectivity index is 2.25. The summed E-state index contributed by atoms with van der Waals surface area (Å²) >= 11 is 0. The molecule has 0 unspecified atom stereocenters. The maximum atomic E-state index is 5.63. The third-order valence-corrected chi connectivity index (χ3v) is 3.88.